The molecule has 0 N–H and O–H groups in total. The van der Waals surface area contributed by atoms with Gasteiger partial charge in [0.05, 0.1) is 17.9 Å². The van der Waals surface area contributed by atoms with Crippen molar-refractivity contribution in [3.05, 3.63) is 88.0 Å². The number of carbonyl (C=O) groups is 2. The van der Waals surface area contributed by atoms with Crippen molar-refractivity contribution >= 4 is 34.9 Å². The number of thioether (sulfide) groups is 1. The van der Waals surface area contributed by atoms with Gasteiger partial charge < -0.3 is 9.47 Å². The van der Waals surface area contributed by atoms with Crippen molar-refractivity contribution in [2.45, 2.75) is 42.6 Å². The van der Waals surface area contributed by atoms with E-state index in [-0.39, 0.29) is 24.3 Å². The van der Waals surface area contributed by atoms with E-state index in [9.17, 15) is 9.59 Å². The molecule has 1 aromatic heterocycles. The summed E-state index contributed by atoms with van der Waals surface area (Å²) in [4.78, 5) is 26.3. The van der Waals surface area contributed by atoms with Crippen LogP contribution in [0.3, 0.4) is 0 Å². The Balaban J connectivity index is 2.00. The van der Waals surface area contributed by atoms with Gasteiger partial charge in [-0.1, -0.05) is 43.0 Å². The van der Waals surface area contributed by atoms with Gasteiger partial charge in [-0.25, -0.2) is 4.79 Å². The highest BCUT2D eigenvalue weighted by molar-refractivity contribution is 8.00. The number of hydrogen-bond donors (Lipinski definition) is 0. The van der Waals surface area contributed by atoms with Gasteiger partial charge in [-0.15, -0.1) is 23.1 Å². The van der Waals surface area contributed by atoms with Gasteiger partial charge in [0.15, 0.2) is 5.78 Å². The zero-order chi connectivity index (χ0) is 23.1. The van der Waals surface area contributed by atoms with Gasteiger partial charge in [0.2, 0.25) is 0 Å². The van der Waals surface area contributed by atoms with Crippen LogP contribution in [-0.4, -0.2) is 25.5 Å². The summed E-state index contributed by atoms with van der Waals surface area (Å²) in [5, 5.41) is 0. The molecule has 0 bridgehead atoms. The van der Waals surface area contributed by atoms with Crippen LogP contribution in [0.4, 0.5) is 0 Å². The number of rotatable bonds is 9. The molecule has 32 heavy (non-hydrogen) atoms. The molecule has 1 aliphatic rings. The summed E-state index contributed by atoms with van der Waals surface area (Å²) < 4.78 is 11.5. The van der Waals surface area contributed by atoms with E-state index in [1.807, 2.05) is 43.4 Å². The van der Waals surface area contributed by atoms with Crippen molar-refractivity contribution in [1.82, 2.24) is 0 Å². The molecule has 1 heterocycles. The van der Waals surface area contributed by atoms with E-state index in [0.717, 1.165) is 26.9 Å². The third-order valence-electron chi connectivity index (χ3n) is 5.30. The van der Waals surface area contributed by atoms with E-state index < -0.39 is 0 Å². The number of thiophene rings is 1. The maximum absolute atomic E-state index is 13.0. The third kappa shape index (κ3) is 5.43. The van der Waals surface area contributed by atoms with E-state index in [4.69, 9.17) is 9.47 Å². The Kier molecular flexibility index (Phi) is 8.53. The largest absolute Gasteiger partial charge is 0.497 e. The zero-order valence-electron chi connectivity index (χ0n) is 18.7. The second-order valence-electron chi connectivity index (χ2n) is 7.32. The molecule has 1 atom stereocenters. The number of methoxy groups -OCH3 is 1. The van der Waals surface area contributed by atoms with Crippen molar-refractivity contribution in [1.29, 1.82) is 0 Å². The van der Waals surface area contributed by atoms with Crippen LogP contribution >= 0.6 is 23.1 Å². The molecule has 3 rings (SSSR count). The van der Waals surface area contributed by atoms with E-state index >= 15 is 0 Å². The van der Waals surface area contributed by atoms with Gasteiger partial charge in [0.25, 0.3) is 0 Å². The number of ketones is 1. The van der Waals surface area contributed by atoms with E-state index in [2.05, 4.69) is 18.7 Å². The second-order valence-corrected chi connectivity index (χ2v) is 9.58. The molecule has 1 aliphatic carbocycles. The molecule has 168 valence electrons. The SMILES string of the molecule is C=C(/C=C\C(=C/C)OC)C1CCC(=O)c2c(SCc3ccccc3)sc(C(=O)OCC)c21. The fourth-order valence-electron chi connectivity index (χ4n) is 3.69. The minimum absolute atomic E-state index is 0.0847. The Morgan fingerprint density at radius 1 is 1.28 bits per heavy atom. The number of esters is 1. The number of ether oxygens (including phenoxy) is 2. The van der Waals surface area contributed by atoms with Gasteiger partial charge in [-0.05, 0) is 49.1 Å². The molecule has 0 amide bonds. The van der Waals surface area contributed by atoms with Crippen LogP contribution in [0.25, 0.3) is 0 Å². The molecule has 1 unspecified atom stereocenters. The van der Waals surface area contributed by atoms with E-state index in [1.54, 1.807) is 25.8 Å². The number of fused-ring (bicyclic) bond motifs is 1. The molecular weight excluding hydrogens is 440 g/mol. The van der Waals surface area contributed by atoms with Gasteiger partial charge >= 0.3 is 5.97 Å². The summed E-state index contributed by atoms with van der Waals surface area (Å²) in [6, 6.07) is 10.1. The van der Waals surface area contributed by atoms with Crippen LogP contribution < -0.4 is 0 Å². The number of hydrogen-bond acceptors (Lipinski definition) is 6. The predicted octanol–water partition coefficient (Wildman–Crippen LogP) is 6.94. The maximum Gasteiger partial charge on any atom is 0.348 e. The quantitative estimate of drug-likeness (QED) is 0.173. The standard InChI is InChI=1S/C26H28O4S2/c1-5-19(29-4)13-12-17(3)20-14-15-21(27)23-22(20)24(25(28)30-6-2)32-26(23)31-16-18-10-8-7-9-11-18/h5,7-13,20H,3,6,14-16H2,1-2,4H3/b13-12-,19-5+. The van der Waals surface area contributed by atoms with E-state index in [0.29, 0.717) is 23.3 Å². The fourth-order valence-corrected chi connectivity index (χ4v) is 6.22. The lowest BCUT2D eigenvalue weighted by molar-refractivity contribution is 0.0530. The first-order valence-electron chi connectivity index (χ1n) is 10.6. The molecule has 0 fully saturated rings. The van der Waals surface area contributed by atoms with Crippen molar-refractivity contribution in [2.24, 2.45) is 0 Å². The summed E-state index contributed by atoms with van der Waals surface area (Å²) in [5.74, 6) is 1.06. The summed E-state index contributed by atoms with van der Waals surface area (Å²) in [6.07, 6.45) is 6.70. The number of Topliss-reactive ketones (excluding diaryl/α,β-unsaturated/α-hetero) is 1. The van der Waals surface area contributed by atoms with Crippen LogP contribution in [-0.2, 0) is 15.2 Å². The molecular formula is C26H28O4S2. The third-order valence-corrected chi connectivity index (χ3v) is 7.83. The Morgan fingerprint density at radius 3 is 2.69 bits per heavy atom. The molecule has 0 saturated carbocycles. The molecule has 0 aliphatic heterocycles. The monoisotopic (exact) mass is 468 g/mol. The fraction of sp³-hybridized carbons (Fsp3) is 0.308. The average molecular weight is 469 g/mol. The number of allylic oxidation sites excluding steroid dienone is 4. The van der Waals surface area contributed by atoms with Crippen molar-refractivity contribution in [3.8, 4) is 0 Å². The van der Waals surface area contributed by atoms with Crippen LogP contribution in [0.1, 0.15) is 63.8 Å². The molecule has 1 aromatic carbocycles. The lowest BCUT2D eigenvalue weighted by atomic mass is 9.79. The summed E-state index contributed by atoms with van der Waals surface area (Å²) in [6.45, 7) is 8.23. The predicted molar refractivity (Wildman–Crippen MR) is 132 cm³/mol. The second kappa shape index (κ2) is 11.3. The molecule has 6 heteroatoms. The Morgan fingerprint density at radius 2 is 2.03 bits per heavy atom. The number of carbonyl (C=O) groups excluding carboxylic acids is 2. The smallest absolute Gasteiger partial charge is 0.348 e. The topological polar surface area (TPSA) is 52.6 Å². The molecule has 0 radical (unpaired) electrons. The maximum atomic E-state index is 13.0. The van der Waals surface area contributed by atoms with Gasteiger partial charge in [0, 0.05) is 23.7 Å². The normalized spacial score (nSPS) is 16.2. The first-order valence-corrected chi connectivity index (χ1v) is 12.4. The zero-order valence-corrected chi connectivity index (χ0v) is 20.3. The first-order chi connectivity index (χ1) is 15.5. The summed E-state index contributed by atoms with van der Waals surface area (Å²) in [5.41, 5.74) is 3.46. The van der Waals surface area contributed by atoms with Crippen molar-refractivity contribution in [2.75, 3.05) is 13.7 Å². The summed E-state index contributed by atoms with van der Waals surface area (Å²) >= 11 is 2.97. The minimum atomic E-state index is -0.372. The highest BCUT2D eigenvalue weighted by Crippen LogP contribution is 2.48. The minimum Gasteiger partial charge on any atom is -0.497 e. The molecule has 0 saturated heterocycles. The highest BCUT2D eigenvalue weighted by atomic mass is 32.2. The Labute approximate surface area is 198 Å². The van der Waals surface area contributed by atoms with E-state index in [1.165, 1.54) is 16.9 Å². The molecule has 2 aromatic rings. The lowest BCUT2D eigenvalue weighted by Gasteiger charge is -2.24. The average Bonchev–Trinajstić information content (AvgIpc) is 3.20. The molecule has 4 nitrogen and oxygen atoms in total. The van der Waals surface area contributed by atoms with Crippen LogP contribution in [0.2, 0.25) is 0 Å². The lowest BCUT2D eigenvalue weighted by Crippen LogP contribution is -2.18. The van der Waals surface area contributed by atoms with Crippen LogP contribution in [0.15, 0.2) is 70.7 Å². The Hall–Kier alpha value is -2.57. The Bertz CT molecular complexity index is 1050. The first kappa shape index (κ1) is 24.1. The van der Waals surface area contributed by atoms with Gasteiger partial charge in [-0.3, -0.25) is 4.79 Å². The van der Waals surface area contributed by atoms with Gasteiger partial charge in [0.1, 0.15) is 10.6 Å². The van der Waals surface area contributed by atoms with Crippen molar-refractivity contribution in [3.63, 3.8) is 0 Å². The number of benzene rings is 1. The highest BCUT2D eigenvalue weighted by Gasteiger charge is 2.36. The summed E-state index contributed by atoms with van der Waals surface area (Å²) in [7, 11) is 1.62. The van der Waals surface area contributed by atoms with Crippen LogP contribution in [0, 0.1) is 0 Å². The van der Waals surface area contributed by atoms with Gasteiger partial charge in [-0.2, -0.15) is 0 Å². The van der Waals surface area contributed by atoms with Crippen molar-refractivity contribution < 1.29 is 19.1 Å². The van der Waals surface area contributed by atoms with Crippen LogP contribution in [0.5, 0.6) is 0 Å². The molecule has 0 spiro atoms.